The molecule has 2 aromatic carbocycles. The van der Waals surface area contributed by atoms with Crippen LogP contribution in [-0.4, -0.2) is 23.5 Å². The standard InChI is InChI=1S/C20H23N3O3S/c1-14(2)13-26-17-10-8-16(9-11-17)19(25)22-23-20(27)21-18(24)12-15-6-4-3-5-7-15/h3-11,14H,12-13H2,1-2H3,(H,22,25)(H2,21,23,24,27). The molecule has 0 radical (unpaired) electrons. The maximum absolute atomic E-state index is 12.1. The van der Waals surface area contributed by atoms with E-state index in [2.05, 4.69) is 30.0 Å². The highest BCUT2D eigenvalue weighted by molar-refractivity contribution is 7.80. The molecule has 0 saturated heterocycles. The van der Waals surface area contributed by atoms with Gasteiger partial charge in [-0.3, -0.25) is 20.4 Å². The zero-order valence-electron chi connectivity index (χ0n) is 15.3. The maximum atomic E-state index is 12.1. The third-order valence-electron chi connectivity index (χ3n) is 3.45. The lowest BCUT2D eigenvalue weighted by Gasteiger charge is -2.12. The lowest BCUT2D eigenvalue weighted by molar-refractivity contribution is -0.119. The molecule has 2 rings (SSSR count). The fraction of sp³-hybridized carbons (Fsp3) is 0.250. The normalized spacial score (nSPS) is 10.2. The highest BCUT2D eigenvalue weighted by Gasteiger charge is 2.09. The first-order valence-electron chi connectivity index (χ1n) is 8.61. The first kappa shape index (κ1) is 20.4. The molecule has 7 heteroatoms. The molecule has 0 heterocycles. The highest BCUT2D eigenvalue weighted by atomic mass is 32.1. The Hall–Kier alpha value is -2.93. The number of nitrogens with one attached hydrogen (secondary N) is 3. The number of benzene rings is 2. The zero-order valence-corrected chi connectivity index (χ0v) is 16.1. The van der Waals surface area contributed by atoms with Gasteiger partial charge in [0, 0.05) is 5.56 Å². The molecule has 2 amide bonds. The molecule has 0 aliphatic heterocycles. The Labute approximate surface area is 164 Å². The Kier molecular flexibility index (Phi) is 7.76. The molecule has 0 saturated carbocycles. The van der Waals surface area contributed by atoms with Crippen LogP contribution in [0.1, 0.15) is 29.8 Å². The van der Waals surface area contributed by atoms with Crippen LogP contribution in [0.25, 0.3) is 0 Å². The lowest BCUT2D eigenvalue weighted by Crippen LogP contribution is -2.48. The van der Waals surface area contributed by atoms with Gasteiger partial charge in [0.05, 0.1) is 13.0 Å². The van der Waals surface area contributed by atoms with Gasteiger partial charge >= 0.3 is 0 Å². The molecule has 142 valence electrons. The van der Waals surface area contributed by atoms with Crippen LogP contribution in [0, 0.1) is 5.92 Å². The number of hydrazine groups is 1. The van der Waals surface area contributed by atoms with Gasteiger partial charge in [-0.1, -0.05) is 44.2 Å². The molecule has 0 fully saturated rings. The summed E-state index contributed by atoms with van der Waals surface area (Å²) < 4.78 is 5.58. The van der Waals surface area contributed by atoms with Gasteiger partial charge in [0.1, 0.15) is 5.75 Å². The number of hydrogen-bond acceptors (Lipinski definition) is 4. The van der Waals surface area contributed by atoms with Crippen molar-refractivity contribution in [3.8, 4) is 5.75 Å². The second-order valence-electron chi connectivity index (χ2n) is 6.35. The Morgan fingerprint density at radius 3 is 2.30 bits per heavy atom. The lowest BCUT2D eigenvalue weighted by atomic mass is 10.1. The van der Waals surface area contributed by atoms with E-state index in [-0.39, 0.29) is 23.3 Å². The molecule has 0 aliphatic rings. The van der Waals surface area contributed by atoms with Crippen molar-refractivity contribution in [3.63, 3.8) is 0 Å². The Balaban J connectivity index is 1.75. The summed E-state index contributed by atoms with van der Waals surface area (Å²) in [7, 11) is 0. The summed E-state index contributed by atoms with van der Waals surface area (Å²) >= 11 is 5.02. The molecule has 0 unspecified atom stereocenters. The van der Waals surface area contributed by atoms with Gasteiger partial charge in [-0.2, -0.15) is 0 Å². The summed E-state index contributed by atoms with van der Waals surface area (Å²) in [5.41, 5.74) is 6.29. The predicted molar refractivity (Wildman–Crippen MR) is 108 cm³/mol. The topological polar surface area (TPSA) is 79.5 Å². The monoisotopic (exact) mass is 385 g/mol. The molecule has 0 aromatic heterocycles. The summed E-state index contributed by atoms with van der Waals surface area (Å²) in [6.45, 7) is 4.74. The van der Waals surface area contributed by atoms with E-state index < -0.39 is 0 Å². The zero-order chi connectivity index (χ0) is 19.6. The van der Waals surface area contributed by atoms with E-state index in [0.29, 0.717) is 23.8 Å². The number of amides is 2. The molecule has 0 atom stereocenters. The molecule has 3 N–H and O–H groups in total. The van der Waals surface area contributed by atoms with Crippen LogP contribution >= 0.6 is 12.2 Å². The first-order valence-corrected chi connectivity index (χ1v) is 9.02. The molecular formula is C20H23N3O3S. The quantitative estimate of drug-likeness (QED) is 0.526. The average molecular weight is 385 g/mol. The van der Waals surface area contributed by atoms with Crippen molar-refractivity contribution in [3.05, 3.63) is 65.7 Å². The summed E-state index contributed by atoms with van der Waals surface area (Å²) in [6, 6.07) is 16.1. The van der Waals surface area contributed by atoms with Crippen molar-refractivity contribution in [2.24, 2.45) is 5.92 Å². The fourth-order valence-corrected chi connectivity index (χ4v) is 2.30. The highest BCUT2D eigenvalue weighted by Crippen LogP contribution is 2.13. The smallest absolute Gasteiger partial charge is 0.269 e. The van der Waals surface area contributed by atoms with E-state index in [9.17, 15) is 9.59 Å². The van der Waals surface area contributed by atoms with Gasteiger partial charge in [-0.15, -0.1) is 0 Å². The van der Waals surface area contributed by atoms with Crippen molar-refractivity contribution in [1.82, 2.24) is 16.2 Å². The van der Waals surface area contributed by atoms with Crippen molar-refractivity contribution < 1.29 is 14.3 Å². The molecule has 6 nitrogen and oxygen atoms in total. The molecule has 27 heavy (non-hydrogen) atoms. The Bertz CT molecular complexity index is 777. The number of carbonyl (C=O) groups excluding carboxylic acids is 2. The summed E-state index contributed by atoms with van der Waals surface area (Å²) in [5.74, 6) is 0.497. The Morgan fingerprint density at radius 1 is 1.00 bits per heavy atom. The summed E-state index contributed by atoms with van der Waals surface area (Å²) in [5, 5.41) is 2.55. The van der Waals surface area contributed by atoms with Crippen molar-refractivity contribution in [2.45, 2.75) is 20.3 Å². The molecule has 0 aliphatic carbocycles. The van der Waals surface area contributed by atoms with Crippen LogP contribution in [0.2, 0.25) is 0 Å². The van der Waals surface area contributed by atoms with Crippen molar-refractivity contribution in [2.75, 3.05) is 6.61 Å². The van der Waals surface area contributed by atoms with Crippen LogP contribution in [0.15, 0.2) is 54.6 Å². The third-order valence-corrected chi connectivity index (χ3v) is 3.65. The van der Waals surface area contributed by atoms with Crippen LogP contribution in [0.5, 0.6) is 5.75 Å². The second kappa shape index (κ2) is 10.3. The van der Waals surface area contributed by atoms with E-state index in [1.807, 2.05) is 30.3 Å². The van der Waals surface area contributed by atoms with E-state index >= 15 is 0 Å². The van der Waals surface area contributed by atoms with Crippen LogP contribution in [-0.2, 0) is 11.2 Å². The number of thiocarbonyl (C=S) groups is 1. The van der Waals surface area contributed by atoms with Crippen LogP contribution in [0.3, 0.4) is 0 Å². The largest absolute Gasteiger partial charge is 0.493 e. The van der Waals surface area contributed by atoms with Gasteiger partial charge in [-0.25, -0.2) is 0 Å². The van der Waals surface area contributed by atoms with Crippen LogP contribution in [0.4, 0.5) is 0 Å². The minimum absolute atomic E-state index is 0.0289. The molecule has 2 aromatic rings. The van der Waals surface area contributed by atoms with E-state index in [4.69, 9.17) is 17.0 Å². The minimum atomic E-state index is -0.370. The maximum Gasteiger partial charge on any atom is 0.269 e. The third kappa shape index (κ3) is 7.45. The summed E-state index contributed by atoms with van der Waals surface area (Å²) in [6.07, 6.45) is 0.203. The average Bonchev–Trinajstić information content (AvgIpc) is 2.65. The molecule has 0 spiro atoms. The SMILES string of the molecule is CC(C)COc1ccc(C(=O)NNC(=S)NC(=O)Cc2ccccc2)cc1. The van der Waals surface area contributed by atoms with Gasteiger partial charge < -0.3 is 10.1 Å². The number of ether oxygens (including phenoxy) is 1. The van der Waals surface area contributed by atoms with E-state index in [0.717, 1.165) is 5.56 Å². The predicted octanol–water partition coefficient (Wildman–Crippen LogP) is 2.60. The van der Waals surface area contributed by atoms with Gasteiger partial charge in [-0.05, 0) is 48.0 Å². The van der Waals surface area contributed by atoms with E-state index in [1.165, 1.54) is 0 Å². The second-order valence-corrected chi connectivity index (χ2v) is 6.76. The number of rotatable bonds is 6. The Morgan fingerprint density at radius 2 is 1.67 bits per heavy atom. The minimum Gasteiger partial charge on any atom is -0.493 e. The fourth-order valence-electron chi connectivity index (χ4n) is 2.13. The van der Waals surface area contributed by atoms with Gasteiger partial charge in [0.25, 0.3) is 5.91 Å². The van der Waals surface area contributed by atoms with Crippen LogP contribution < -0.4 is 20.9 Å². The molecular weight excluding hydrogens is 362 g/mol. The summed E-state index contributed by atoms with van der Waals surface area (Å²) in [4.78, 5) is 24.0. The van der Waals surface area contributed by atoms with E-state index in [1.54, 1.807) is 24.3 Å². The first-order chi connectivity index (χ1) is 12.9. The molecule has 0 bridgehead atoms. The number of hydrogen-bond donors (Lipinski definition) is 3. The number of carbonyl (C=O) groups is 2. The van der Waals surface area contributed by atoms with Gasteiger partial charge in [0.15, 0.2) is 5.11 Å². The van der Waals surface area contributed by atoms with Crippen molar-refractivity contribution >= 4 is 29.1 Å². The van der Waals surface area contributed by atoms with Gasteiger partial charge in [0.2, 0.25) is 5.91 Å². The van der Waals surface area contributed by atoms with Crippen molar-refractivity contribution in [1.29, 1.82) is 0 Å².